The van der Waals surface area contributed by atoms with Gasteiger partial charge in [-0.1, -0.05) is 32.4 Å². The van der Waals surface area contributed by atoms with Crippen molar-refractivity contribution in [3.8, 4) is 0 Å². The molecule has 0 radical (unpaired) electrons. The van der Waals surface area contributed by atoms with E-state index in [-0.39, 0.29) is 11.2 Å². The summed E-state index contributed by atoms with van der Waals surface area (Å²) in [4.78, 5) is 11.8. The van der Waals surface area contributed by atoms with E-state index in [1.807, 2.05) is 20.8 Å². The topological polar surface area (TPSA) is 43.1 Å². The van der Waals surface area contributed by atoms with Crippen LogP contribution in [-0.2, 0) is 0 Å². The van der Waals surface area contributed by atoms with Crippen LogP contribution in [0.3, 0.4) is 0 Å². The van der Waals surface area contributed by atoms with E-state index in [9.17, 15) is 4.79 Å². The number of Topliss-reactive ketones (excluding diaryl/α,β-unsaturated/α-hetero) is 1. The molecule has 0 saturated heterocycles. The maximum atomic E-state index is 11.8. The standard InChI is InChI=1S/C11H14ClNO/c1-11(2,3)10(14)7-4-5-8(12)9(13)6-7/h4-6H,13H2,1-3H3. The molecule has 1 rings (SSSR count). The summed E-state index contributed by atoms with van der Waals surface area (Å²) in [5.74, 6) is 0.0702. The Hall–Kier alpha value is -1.02. The quantitative estimate of drug-likeness (QED) is 0.573. The van der Waals surface area contributed by atoms with Gasteiger partial charge in [-0.2, -0.15) is 0 Å². The Morgan fingerprint density at radius 3 is 2.36 bits per heavy atom. The Balaban J connectivity index is 3.10. The maximum Gasteiger partial charge on any atom is 0.168 e. The molecule has 0 bridgehead atoms. The van der Waals surface area contributed by atoms with Gasteiger partial charge in [-0.3, -0.25) is 4.79 Å². The minimum atomic E-state index is -0.389. The van der Waals surface area contributed by atoms with E-state index in [1.54, 1.807) is 18.2 Å². The number of carbonyl (C=O) groups is 1. The highest BCUT2D eigenvalue weighted by molar-refractivity contribution is 6.33. The summed E-state index contributed by atoms with van der Waals surface area (Å²) in [6, 6.07) is 4.97. The molecule has 0 fully saturated rings. The van der Waals surface area contributed by atoms with Crippen LogP contribution < -0.4 is 5.73 Å². The highest BCUT2D eigenvalue weighted by Crippen LogP contribution is 2.25. The fraction of sp³-hybridized carbons (Fsp3) is 0.364. The molecule has 3 heteroatoms. The van der Waals surface area contributed by atoms with Gasteiger partial charge in [-0.05, 0) is 18.2 Å². The predicted molar refractivity (Wildman–Crippen MR) is 59.6 cm³/mol. The van der Waals surface area contributed by atoms with Gasteiger partial charge in [0.2, 0.25) is 0 Å². The van der Waals surface area contributed by atoms with Crippen LogP contribution in [0.25, 0.3) is 0 Å². The van der Waals surface area contributed by atoms with E-state index in [2.05, 4.69) is 0 Å². The lowest BCUT2D eigenvalue weighted by atomic mass is 9.86. The van der Waals surface area contributed by atoms with Crippen LogP contribution in [0.2, 0.25) is 5.02 Å². The molecule has 0 aliphatic rings. The highest BCUT2D eigenvalue weighted by Gasteiger charge is 2.22. The fourth-order valence-electron chi connectivity index (χ4n) is 1.12. The third-order valence-electron chi connectivity index (χ3n) is 1.94. The molecule has 2 nitrogen and oxygen atoms in total. The number of halogens is 1. The van der Waals surface area contributed by atoms with Crippen molar-refractivity contribution in [2.45, 2.75) is 20.8 Å². The lowest BCUT2D eigenvalue weighted by molar-refractivity contribution is 0.0858. The molecule has 1 aromatic carbocycles. The van der Waals surface area contributed by atoms with Gasteiger partial charge in [0, 0.05) is 11.0 Å². The summed E-state index contributed by atoms with van der Waals surface area (Å²) >= 11 is 5.76. The van der Waals surface area contributed by atoms with E-state index < -0.39 is 0 Å². The zero-order valence-electron chi connectivity index (χ0n) is 8.60. The van der Waals surface area contributed by atoms with Gasteiger partial charge < -0.3 is 5.73 Å². The highest BCUT2D eigenvalue weighted by atomic mass is 35.5. The number of hydrogen-bond acceptors (Lipinski definition) is 2. The van der Waals surface area contributed by atoms with Crippen LogP contribution in [-0.4, -0.2) is 5.78 Å². The van der Waals surface area contributed by atoms with E-state index in [4.69, 9.17) is 17.3 Å². The first-order chi connectivity index (χ1) is 6.32. The third-order valence-corrected chi connectivity index (χ3v) is 2.28. The van der Waals surface area contributed by atoms with Crippen molar-refractivity contribution >= 4 is 23.1 Å². The van der Waals surface area contributed by atoms with Gasteiger partial charge in [-0.25, -0.2) is 0 Å². The van der Waals surface area contributed by atoms with Crippen molar-refractivity contribution in [1.29, 1.82) is 0 Å². The minimum absolute atomic E-state index is 0.0702. The Morgan fingerprint density at radius 2 is 1.93 bits per heavy atom. The number of anilines is 1. The van der Waals surface area contributed by atoms with Crippen LogP contribution in [0.5, 0.6) is 0 Å². The number of carbonyl (C=O) groups excluding carboxylic acids is 1. The molecule has 0 aliphatic carbocycles. The van der Waals surface area contributed by atoms with Crippen molar-refractivity contribution in [2.24, 2.45) is 5.41 Å². The van der Waals surface area contributed by atoms with E-state index in [0.717, 1.165) is 0 Å². The summed E-state index contributed by atoms with van der Waals surface area (Å²) in [7, 11) is 0. The van der Waals surface area contributed by atoms with Gasteiger partial charge in [0.1, 0.15) is 0 Å². The Kier molecular flexibility index (Phi) is 2.86. The Bertz CT molecular complexity index is 366. The Morgan fingerprint density at radius 1 is 1.36 bits per heavy atom. The monoisotopic (exact) mass is 211 g/mol. The number of rotatable bonds is 1. The molecule has 0 aromatic heterocycles. The Labute approximate surface area is 89.1 Å². The molecule has 0 saturated carbocycles. The average Bonchev–Trinajstić information content (AvgIpc) is 2.07. The fourth-order valence-corrected chi connectivity index (χ4v) is 1.24. The molecule has 14 heavy (non-hydrogen) atoms. The lowest BCUT2D eigenvalue weighted by Crippen LogP contribution is -2.20. The van der Waals surface area contributed by atoms with Gasteiger partial charge in [0.25, 0.3) is 0 Å². The molecule has 0 aliphatic heterocycles. The van der Waals surface area contributed by atoms with Crippen molar-refractivity contribution in [3.63, 3.8) is 0 Å². The molecule has 0 amide bonds. The molecular formula is C11H14ClNO. The van der Waals surface area contributed by atoms with Crippen molar-refractivity contribution in [2.75, 3.05) is 5.73 Å². The first kappa shape index (κ1) is 11.1. The van der Waals surface area contributed by atoms with Crippen LogP contribution in [0.4, 0.5) is 5.69 Å². The molecular weight excluding hydrogens is 198 g/mol. The van der Waals surface area contributed by atoms with Crippen LogP contribution >= 0.6 is 11.6 Å². The lowest BCUT2D eigenvalue weighted by Gasteiger charge is -2.16. The zero-order valence-corrected chi connectivity index (χ0v) is 9.35. The van der Waals surface area contributed by atoms with Crippen molar-refractivity contribution < 1.29 is 4.79 Å². The maximum absolute atomic E-state index is 11.8. The first-order valence-corrected chi connectivity index (χ1v) is 4.80. The number of benzene rings is 1. The second-order valence-electron chi connectivity index (χ2n) is 4.32. The smallest absolute Gasteiger partial charge is 0.168 e. The summed E-state index contributed by atoms with van der Waals surface area (Å²) in [6.45, 7) is 5.63. The van der Waals surface area contributed by atoms with Gasteiger partial charge >= 0.3 is 0 Å². The van der Waals surface area contributed by atoms with Crippen LogP contribution in [0.15, 0.2) is 18.2 Å². The molecule has 0 atom stereocenters. The van der Waals surface area contributed by atoms with Gasteiger partial charge in [0.05, 0.1) is 10.7 Å². The second-order valence-corrected chi connectivity index (χ2v) is 4.72. The summed E-state index contributed by atoms with van der Waals surface area (Å²) in [6.07, 6.45) is 0. The predicted octanol–water partition coefficient (Wildman–Crippen LogP) is 3.15. The number of hydrogen-bond donors (Lipinski definition) is 1. The van der Waals surface area contributed by atoms with Gasteiger partial charge in [-0.15, -0.1) is 0 Å². The first-order valence-electron chi connectivity index (χ1n) is 4.42. The zero-order chi connectivity index (χ0) is 10.9. The summed E-state index contributed by atoms with van der Waals surface area (Å²) in [5.41, 5.74) is 6.29. The van der Waals surface area contributed by atoms with Crippen molar-refractivity contribution in [1.82, 2.24) is 0 Å². The number of nitrogens with two attached hydrogens (primary N) is 1. The number of nitrogen functional groups attached to an aromatic ring is 1. The van der Waals surface area contributed by atoms with E-state index in [1.165, 1.54) is 0 Å². The molecule has 0 heterocycles. The van der Waals surface area contributed by atoms with E-state index in [0.29, 0.717) is 16.3 Å². The van der Waals surface area contributed by atoms with Crippen LogP contribution in [0, 0.1) is 5.41 Å². The molecule has 2 N–H and O–H groups in total. The molecule has 1 aromatic rings. The summed E-state index contributed by atoms with van der Waals surface area (Å²) < 4.78 is 0. The number of ketones is 1. The van der Waals surface area contributed by atoms with Gasteiger partial charge in [0.15, 0.2) is 5.78 Å². The second kappa shape index (κ2) is 3.62. The molecule has 0 unspecified atom stereocenters. The largest absolute Gasteiger partial charge is 0.398 e. The minimum Gasteiger partial charge on any atom is -0.398 e. The van der Waals surface area contributed by atoms with E-state index >= 15 is 0 Å². The molecule has 0 spiro atoms. The normalized spacial score (nSPS) is 11.4. The summed E-state index contributed by atoms with van der Waals surface area (Å²) in [5, 5.41) is 0.482. The average molecular weight is 212 g/mol. The third kappa shape index (κ3) is 2.26. The molecule has 76 valence electrons. The van der Waals surface area contributed by atoms with Crippen LogP contribution in [0.1, 0.15) is 31.1 Å². The SMILES string of the molecule is CC(C)(C)C(=O)c1ccc(Cl)c(N)c1. The van der Waals surface area contributed by atoms with Crippen molar-refractivity contribution in [3.05, 3.63) is 28.8 Å².